The van der Waals surface area contributed by atoms with Crippen molar-refractivity contribution in [3.63, 3.8) is 0 Å². The summed E-state index contributed by atoms with van der Waals surface area (Å²) in [7, 11) is 0. The molecule has 7 nitrogen and oxygen atoms in total. The van der Waals surface area contributed by atoms with Crippen LogP contribution in [0.2, 0.25) is 0 Å². The Morgan fingerprint density at radius 2 is 2.08 bits per heavy atom. The maximum Gasteiger partial charge on any atom is 0.217 e. The van der Waals surface area contributed by atoms with Crippen molar-refractivity contribution in [3.8, 4) is 5.88 Å². The summed E-state index contributed by atoms with van der Waals surface area (Å²) in [6, 6.07) is 3.64. The summed E-state index contributed by atoms with van der Waals surface area (Å²) < 4.78 is 22.1. The molecular weight excluding hydrogens is 323 g/mol. The molecule has 0 atom stereocenters. The normalized spacial score (nSPS) is 15.7. The number of aromatic nitrogens is 5. The fourth-order valence-corrected chi connectivity index (χ4v) is 3.08. The Morgan fingerprint density at radius 3 is 2.88 bits per heavy atom. The molecule has 1 fully saturated rings. The van der Waals surface area contributed by atoms with Crippen LogP contribution >= 0.6 is 0 Å². The van der Waals surface area contributed by atoms with E-state index in [1.54, 1.807) is 10.7 Å². The Bertz CT molecular complexity index is 874. The van der Waals surface area contributed by atoms with Gasteiger partial charge in [0.15, 0.2) is 17.3 Å². The van der Waals surface area contributed by atoms with Gasteiger partial charge in [0.2, 0.25) is 5.88 Å². The van der Waals surface area contributed by atoms with Crippen molar-refractivity contribution in [2.45, 2.75) is 32.3 Å². The zero-order chi connectivity index (χ0) is 17.2. The molecule has 0 spiro atoms. The van der Waals surface area contributed by atoms with E-state index in [9.17, 15) is 4.39 Å². The van der Waals surface area contributed by atoms with Gasteiger partial charge in [-0.1, -0.05) is 6.92 Å². The highest BCUT2D eigenvalue weighted by atomic mass is 19.1. The summed E-state index contributed by atoms with van der Waals surface area (Å²) in [5, 5.41) is 4.12. The number of ether oxygens (including phenoxy) is 1. The molecule has 1 aliphatic rings. The lowest BCUT2D eigenvalue weighted by molar-refractivity contribution is 0.163. The van der Waals surface area contributed by atoms with E-state index in [4.69, 9.17) is 4.74 Å². The number of halogens is 1. The highest BCUT2D eigenvalue weighted by Gasteiger charge is 2.24. The van der Waals surface area contributed by atoms with Crippen molar-refractivity contribution in [1.82, 2.24) is 24.6 Å². The van der Waals surface area contributed by atoms with Crippen molar-refractivity contribution in [2.24, 2.45) is 0 Å². The zero-order valence-corrected chi connectivity index (χ0v) is 14.0. The first kappa shape index (κ1) is 15.7. The van der Waals surface area contributed by atoms with Gasteiger partial charge >= 0.3 is 0 Å². The van der Waals surface area contributed by atoms with E-state index in [1.165, 1.54) is 6.33 Å². The van der Waals surface area contributed by atoms with Gasteiger partial charge in [-0.3, -0.25) is 0 Å². The van der Waals surface area contributed by atoms with Crippen molar-refractivity contribution in [2.75, 3.05) is 18.0 Å². The molecule has 3 aromatic rings. The van der Waals surface area contributed by atoms with E-state index in [0.29, 0.717) is 36.9 Å². The van der Waals surface area contributed by atoms with Crippen LogP contribution in [-0.2, 0) is 6.42 Å². The Balaban J connectivity index is 1.41. The summed E-state index contributed by atoms with van der Waals surface area (Å²) in [6.07, 6.45) is 7.16. The predicted octanol–water partition coefficient (Wildman–Crippen LogP) is 2.27. The average Bonchev–Trinajstić information content (AvgIpc) is 3.10. The quantitative estimate of drug-likeness (QED) is 0.724. The molecule has 1 saturated heterocycles. The molecule has 4 rings (SSSR count). The molecule has 25 heavy (non-hydrogen) atoms. The van der Waals surface area contributed by atoms with Crippen LogP contribution in [0, 0.1) is 5.82 Å². The summed E-state index contributed by atoms with van der Waals surface area (Å²) in [5.41, 5.74) is 1.21. The van der Waals surface area contributed by atoms with Crippen LogP contribution in [0.15, 0.2) is 30.9 Å². The third kappa shape index (κ3) is 3.11. The van der Waals surface area contributed by atoms with Crippen molar-refractivity contribution in [3.05, 3.63) is 42.4 Å². The Kier molecular flexibility index (Phi) is 4.17. The molecular formula is C17H19FN6O. The van der Waals surface area contributed by atoms with E-state index in [-0.39, 0.29) is 11.9 Å². The van der Waals surface area contributed by atoms with Crippen LogP contribution < -0.4 is 9.64 Å². The molecule has 3 aromatic heterocycles. The molecule has 8 heteroatoms. The van der Waals surface area contributed by atoms with Crippen LogP contribution in [-0.4, -0.2) is 43.8 Å². The van der Waals surface area contributed by atoms with Crippen molar-refractivity contribution >= 4 is 11.5 Å². The second kappa shape index (κ2) is 6.62. The minimum atomic E-state index is -0.308. The molecule has 0 saturated carbocycles. The van der Waals surface area contributed by atoms with Crippen LogP contribution in [0.4, 0.5) is 10.2 Å². The predicted molar refractivity (Wildman–Crippen MR) is 90.2 cm³/mol. The molecule has 0 N–H and O–H groups in total. The maximum absolute atomic E-state index is 14.4. The minimum Gasteiger partial charge on any atom is -0.474 e. The van der Waals surface area contributed by atoms with Gasteiger partial charge in [0.25, 0.3) is 0 Å². The minimum absolute atomic E-state index is 0.0599. The monoisotopic (exact) mass is 342 g/mol. The first-order valence-electron chi connectivity index (χ1n) is 8.46. The summed E-state index contributed by atoms with van der Waals surface area (Å²) in [6.45, 7) is 3.27. The van der Waals surface area contributed by atoms with Crippen molar-refractivity contribution in [1.29, 1.82) is 0 Å². The van der Waals surface area contributed by atoms with Gasteiger partial charge in [-0.15, -0.1) is 0 Å². The van der Waals surface area contributed by atoms with Crippen LogP contribution in [0.3, 0.4) is 0 Å². The van der Waals surface area contributed by atoms with Gasteiger partial charge in [0, 0.05) is 44.3 Å². The van der Waals surface area contributed by atoms with Gasteiger partial charge in [0.05, 0.1) is 11.9 Å². The second-order valence-corrected chi connectivity index (χ2v) is 6.02. The second-order valence-electron chi connectivity index (χ2n) is 6.02. The Labute approximate surface area is 144 Å². The summed E-state index contributed by atoms with van der Waals surface area (Å²) in [5.74, 6) is 0.675. The molecule has 0 radical (unpaired) electrons. The van der Waals surface area contributed by atoms with Crippen LogP contribution in [0.5, 0.6) is 5.88 Å². The number of fused-ring (bicyclic) bond motifs is 1. The summed E-state index contributed by atoms with van der Waals surface area (Å²) >= 11 is 0. The lowest BCUT2D eigenvalue weighted by Crippen LogP contribution is -2.39. The highest BCUT2D eigenvalue weighted by Crippen LogP contribution is 2.24. The van der Waals surface area contributed by atoms with Gasteiger partial charge in [-0.25, -0.2) is 18.9 Å². The Hall–Kier alpha value is -2.77. The van der Waals surface area contributed by atoms with E-state index < -0.39 is 0 Å². The fraction of sp³-hybridized carbons (Fsp3) is 0.412. The first-order chi connectivity index (χ1) is 12.2. The standard InChI is InChI=1S/C17H19FN6O/c1-2-13-16(18)17(20-11-19-13)23-8-4-12(5-9-23)25-15-6-10-24-14(22-15)3-7-21-24/h3,6-7,10-12H,2,4-5,8-9H2,1H3. The number of piperidine rings is 1. The summed E-state index contributed by atoms with van der Waals surface area (Å²) in [4.78, 5) is 14.5. The van der Waals surface area contributed by atoms with Gasteiger partial charge in [-0.2, -0.15) is 10.1 Å². The zero-order valence-electron chi connectivity index (χ0n) is 14.0. The molecule has 0 amide bonds. The third-order valence-corrected chi connectivity index (χ3v) is 4.44. The number of hydrogen-bond donors (Lipinski definition) is 0. The lowest BCUT2D eigenvalue weighted by Gasteiger charge is -2.32. The third-order valence-electron chi connectivity index (χ3n) is 4.44. The Morgan fingerprint density at radius 1 is 1.24 bits per heavy atom. The maximum atomic E-state index is 14.4. The topological polar surface area (TPSA) is 68.4 Å². The molecule has 4 heterocycles. The molecule has 0 unspecified atom stereocenters. The van der Waals surface area contributed by atoms with E-state index >= 15 is 0 Å². The van der Waals surface area contributed by atoms with Crippen LogP contribution in [0.25, 0.3) is 5.65 Å². The van der Waals surface area contributed by atoms with Gasteiger partial charge in [-0.05, 0) is 6.42 Å². The molecule has 1 aliphatic heterocycles. The highest BCUT2D eigenvalue weighted by molar-refractivity contribution is 5.41. The molecule has 130 valence electrons. The number of nitrogens with zero attached hydrogens (tertiary/aromatic N) is 6. The number of hydrogen-bond acceptors (Lipinski definition) is 6. The van der Waals surface area contributed by atoms with Crippen molar-refractivity contribution < 1.29 is 9.13 Å². The van der Waals surface area contributed by atoms with Gasteiger partial charge in [0.1, 0.15) is 12.4 Å². The molecule has 0 aromatic carbocycles. The largest absolute Gasteiger partial charge is 0.474 e. The van der Waals surface area contributed by atoms with Crippen LogP contribution in [0.1, 0.15) is 25.5 Å². The van der Waals surface area contributed by atoms with E-state index in [2.05, 4.69) is 20.1 Å². The van der Waals surface area contributed by atoms with E-state index in [0.717, 1.165) is 18.5 Å². The SMILES string of the molecule is CCc1ncnc(N2CCC(Oc3ccn4nccc4n3)CC2)c1F. The molecule has 0 aliphatic carbocycles. The van der Waals surface area contributed by atoms with E-state index in [1.807, 2.05) is 30.2 Å². The lowest BCUT2D eigenvalue weighted by atomic mass is 10.1. The average molecular weight is 342 g/mol. The molecule has 0 bridgehead atoms. The smallest absolute Gasteiger partial charge is 0.217 e. The number of anilines is 1. The number of aryl methyl sites for hydroxylation is 1. The fourth-order valence-electron chi connectivity index (χ4n) is 3.08. The first-order valence-corrected chi connectivity index (χ1v) is 8.46. The van der Waals surface area contributed by atoms with Gasteiger partial charge < -0.3 is 9.64 Å². The number of rotatable bonds is 4.